The van der Waals surface area contributed by atoms with Gasteiger partial charge in [0, 0.05) is 0 Å². The zero-order chi connectivity index (χ0) is 30.6. The van der Waals surface area contributed by atoms with Crippen LogP contribution in [0.4, 0.5) is 0 Å². The molecule has 240 valence electrons. The van der Waals surface area contributed by atoms with Gasteiger partial charge in [-0.1, -0.05) is 0 Å². The van der Waals surface area contributed by atoms with E-state index >= 15 is 0 Å². The van der Waals surface area contributed by atoms with Crippen molar-refractivity contribution in [1.29, 1.82) is 0 Å². The Kier molecular flexibility index (Phi) is 26.5. The molecule has 0 aromatic heterocycles. The quantitative estimate of drug-likeness (QED) is 0.0629. The van der Waals surface area contributed by atoms with Crippen molar-refractivity contribution in [2.24, 2.45) is 0 Å². The molecule has 0 rings (SSSR count). The third-order valence-electron chi connectivity index (χ3n) is 6.89. The number of unbranched alkanes of at least 4 members (excludes halogenated alkanes) is 16. The Morgan fingerprint density at radius 3 is 0.732 bits per heavy atom. The molecule has 8 nitrogen and oxygen atoms in total. The van der Waals surface area contributed by atoms with Gasteiger partial charge in [-0.05, 0) is 0 Å². The predicted molar refractivity (Wildman–Crippen MR) is 158 cm³/mol. The molecule has 0 aliphatic rings. The topological polar surface area (TPSA) is 105 Å². The Labute approximate surface area is 255 Å². The molecule has 0 fully saturated rings. The predicted octanol–water partition coefficient (Wildman–Crippen LogP) is 9.42. The van der Waals surface area contributed by atoms with Crippen LogP contribution in [-0.2, 0) is 50.6 Å². The molecular weight excluding hydrogens is 560 g/mol. The summed E-state index contributed by atoms with van der Waals surface area (Å²) in [5, 5.41) is 0. The fourth-order valence-electron chi connectivity index (χ4n) is 4.38. The fourth-order valence-corrected chi connectivity index (χ4v) is 7.15. The number of hydrogen-bond donors (Lipinski definition) is 0. The summed E-state index contributed by atoms with van der Waals surface area (Å²) in [5.74, 6) is -2.65. The molecule has 0 bridgehead atoms. The van der Waals surface area contributed by atoms with Crippen LogP contribution >= 0.6 is 0 Å². The van der Waals surface area contributed by atoms with Crippen molar-refractivity contribution in [3.8, 4) is 0 Å². The number of carbonyl (C=O) groups excluding carboxylic acids is 4. The zero-order valence-electron chi connectivity index (χ0n) is 26.7. The van der Waals surface area contributed by atoms with Gasteiger partial charge in [0.05, 0.1) is 0 Å². The van der Waals surface area contributed by atoms with Crippen LogP contribution in [0.1, 0.15) is 182 Å². The number of carbonyl (C=O) groups is 4. The van der Waals surface area contributed by atoms with Crippen molar-refractivity contribution >= 4 is 23.9 Å². The Bertz CT molecular complexity index is 580. The van der Waals surface area contributed by atoms with E-state index in [2.05, 4.69) is 27.7 Å². The molecule has 0 aliphatic heterocycles. The van der Waals surface area contributed by atoms with Crippen LogP contribution < -0.4 is 0 Å². The van der Waals surface area contributed by atoms with Crippen LogP contribution in [-0.4, -0.2) is 23.9 Å². The van der Waals surface area contributed by atoms with Crippen molar-refractivity contribution in [1.82, 2.24) is 0 Å². The van der Waals surface area contributed by atoms with Gasteiger partial charge in [0.25, 0.3) is 0 Å². The summed E-state index contributed by atoms with van der Waals surface area (Å²) in [7, 11) is 0. The van der Waals surface area contributed by atoms with Gasteiger partial charge < -0.3 is 0 Å². The summed E-state index contributed by atoms with van der Waals surface area (Å²) in [5.41, 5.74) is 0. The van der Waals surface area contributed by atoms with Gasteiger partial charge in [0.15, 0.2) is 0 Å². The summed E-state index contributed by atoms with van der Waals surface area (Å²) >= 11 is -5.42. The second-order valence-electron chi connectivity index (χ2n) is 11.1. The van der Waals surface area contributed by atoms with Gasteiger partial charge >= 0.3 is 256 Å². The molecule has 9 heteroatoms. The molecule has 0 heterocycles. The molecular formula is C32H60O8Ti. The first-order chi connectivity index (χ1) is 19.8. The molecule has 0 unspecified atom stereocenters. The van der Waals surface area contributed by atoms with E-state index in [1.165, 1.54) is 0 Å². The monoisotopic (exact) mass is 620 g/mol. The van der Waals surface area contributed by atoms with E-state index in [9.17, 15) is 19.2 Å². The summed E-state index contributed by atoms with van der Waals surface area (Å²) in [4.78, 5) is 51.5. The first kappa shape index (κ1) is 39.6. The second kappa shape index (κ2) is 27.4. The molecule has 0 amide bonds. The minimum absolute atomic E-state index is 0.0778. The van der Waals surface area contributed by atoms with Crippen molar-refractivity contribution < 1.29 is 50.6 Å². The average molecular weight is 621 g/mol. The molecule has 0 aromatic carbocycles. The van der Waals surface area contributed by atoms with E-state index in [1.807, 2.05) is 0 Å². The zero-order valence-corrected chi connectivity index (χ0v) is 28.3. The Hall–Kier alpha value is -1.41. The first-order valence-electron chi connectivity index (χ1n) is 16.7. The summed E-state index contributed by atoms with van der Waals surface area (Å²) in [6.45, 7) is 8.46. The van der Waals surface area contributed by atoms with E-state index in [4.69, 9.17) is 13.3 Å². The summed E-state index contributed by atoms with van der Waals surface area (Å²) in [6.07, 6.45) is 18.8. The first-order valence-corrected chi connectivity index (χ1v) is 19.2. The van der Waals surface area contributed by atoms with Crippen LogP contribution in [0.5, 0.6) is 0 Å². The van der Waals surface area contributed by atoms with Crippen LogP contribution in [0.3, 0.4) is 0 Å². The van der Waals surface area contributed by atoms with Crippen molar-refractivity contribution in [3.05, 3.63) is 0 Å². The van der Waals surface area contributed by atoms with Gasteiger partial charge in [0.2, 0.25) is 0 Å². The normalized spacial score (nSPS) is 11.2. The van der Waals surface area contributed by atoms with Crippen molar-refractivity contribution in [2.45, 2.75) is 182 Å². The van der Waals surface area contributed by atoms with Gasteiger partial charge in [-0.3, -0.25) is 0 Å². The van der Waals surface area contributed by atoms with Crippen LogP contribution in [0.15, 0.2) is 0 Å². The fraction of sp³-hybridized carbons (Fsp3) is 0.875. The Morgan fingerprint density at radius 2 is 0.537 bits per heavy atom. The minimum atomic E-state index is -5.42. The van der Waals surface area contributed by atoms with Crippen molar-refractivity contribution in [3.63, 3.8) is 0 Å². The standard InChI is InChI=1S/4C8H16O2.Ti/c4*1-2-3-4-5-6-7-8(9)10;/h4*2-7H2,1H3,(H,9,10);/q;;;;+4/p-4. The van der Waals surface area contributed by atoms with E-state index in [0.29, 0.717) is 25.7 Å². The third kappa shape index (κ3) is 23.8. The molecule has 0 saturated carbocycles. The van der Waals surface area contributed by atoms with Gasteiger partial charge in [-0.15, -0.1) is 0 Å². The van der Waals surface area contributed by atoms with Crippen LogP contribution in [0.25, 0.3) is 0 Å². The van der Waals surface area contributed by atoms with Gasteiger partial charge in [0.1, 0.15) is 0 Å². The summed E-state index contributed by atoms with van der Waals surface area (Å²) in [6, 6.07) is 0. The molecule has 0 aliphatic carbocycles. The summed E-state index contributed by atoms with van der Waals surface area (Å²) < 4.78 is 22.4. The van der Waals surface area contributed by atoms with Crippen molar-refractivity contribution in [2.75, 3.05) is 0 Å². The SMILES string of the molecule is CCCCCCCC(=O)[O][Ti]([O]C(=O)CCCCCCC)([O]C(=O)CCCCCCC)[O]C(=O)CCCCCCC. The molecule has 0 N–H and O–H groups in total. The van der Waals surface area contributed by atoms with Crippen LogP contribution in [0, 0.1) is 0 Å². The number of rotatable bonds is 28. The molecule has 0 saturated heterocycles. The molecule has 41 heavy (non-hydrogen) atoms. The Morgan fingerprint density at radius 1 is 0.341 bits per heavy atom. The van der Waals surface area contributed by atoms with Gasteiger partial charge in [-0.2, -0.15) is 0 Å². The Balaban J connectivity index is 5.59. The van der Waals surface area contributed by atoms with Crippen LogP contribution in [0.2, 0.25) is 0 Å². The average Bonchev–Trinajstić information content (AvgIpc) is 2.92. The molecule has 0 spiro atoms. The van der Waals surface area contributed by atoms with E-state index in [0.717, 1.165) is 103 Å². The van der Waals surface area contributed by atoms with E-state index in [1.54, 1.807) is 0 Å². The third-order valence-corrected chi connectivity index (χ3v) is 9.88. The molecule has 0 atom stereocenters. The number of hydrogen-bond acceptors (Lipinski definition) is 8. The molecule has 0 aromatic rings. The second-order valence-corrected chi connectivity index (χ2v) is 13.9. The van der Waals surface area contributed by atoms with Gasteiger partial charge in [-0.25, -0.2) is 0 Å². The van der Waals surface area contributed by atoms with E-state index in [-0.39, 0.29) is 25.7 Å². The maximum absolute atomic E-state index is 12.9. The maximum atomic E-state index is 12.9. The van der Waals surface area contributed by atoms with E-state index < -0.39 is 42.0 Å². The molecule has 0 radical (unpaired) electrons.